The second-order valence-corrected chi connectivity index (χ2v) is 7.61. The molecule has 1 aromatic rings. The molecule has 1 rings (SSSR count). The van der Waals surface area contributed by atoms with E-state index in [0.29, 0.717) is 12.4 Å². The molecule has 1 unspecified atom stereocenters. The topological polar surface area (TPSA) is 40.5 Å². The van der Waals surface area contributed by atoms with E-state index in [1.807, 2.05) is 32.0 Å². The fourth-order valence-corrected chi connectivity index (χ4v) is 4.04. The first-order chi connectivity index (χ1) is 8.57. The normalized spacial score (nSPS) is 13.7. The summed E-state index contributed by atoms with van der Waals surface area (Å²) in [5.41, 5.74) is 1.20. The van der Waals surface area contributed by atoms with Crippen molar-refractivity contribution in [1.29, 1.82) is 0 Å². The number of rotatable bonds is 6. The van der Waals surface area contributed by atoms with Crippen molar-refractivity contribution in [2.75, 3.05) is 16.6 Å². The molecule has 0 saturated heterocycles. The van der Waals surface area contributed by atoms with Crippen molar-refractivity contribution in [2.45, 2.75) is 27.3 Å². The summed E-state index contributed by atoms with van der Waals surface area (Å²) in [5, 5.41) is 0. The van der Waals surface area contributed by atoms with Gasteiger partial charge in [0.15, 0.2) is 0 Å². The molecule has 101 valence electrons. The van der Waals surface area contributed by atoms with Crippen molar-refractivity contribution in [3.8, 4) is 0 Å². The van der Waals surface area contributed by atoms with Gasteiger partial charge in [-0.3, -0.25) is 0 Å². The number of benzene rings is 1. The Hall–Kier alpha value is 0.292. The third-order valence-electron chi connectivity index (χ3n) is 2.39. The molecule has 0 bridgehead atoms. The van der Waals surface area contributed by atoms with E-state index >= 15 is 0 Å². The summed E-state index contributed by atoms with van der Waals surface area (Å²) in [7, 11) is -2.93. The van der Waals surface area contributed by atoms with Crippen LogP contribution in [0.25, 0.3) is 0 Å². The van der Waals surface area contributed by atoms with Crippen LogP contribution in [0.2, 0.25) is 0 Å². The van der Waals surface area contributed by atoms with Crippen LogP contribution in [0.4, 0.5) is 0 Å². The first-order valence-corrected chi connectivity index (χ1v) is 11.1. The molecule has 0 aromatic heterocycles. The Kier molecular flexibility index (Phi) is 10.3. The van der Waals surface area contributed by atoms with E-state index < -0.39 is 7.37 Å². The number of nitrogens with zero attached hydrogens (tertiary/aromatic N) is 1. The summed E-state index contributed by atoms with van der Waals surface area (Å²) in [5.74, 6) is 0. The molecule has 0 aliphatic rings. The molecule has 5 heteroatoms. The van der Waals surface area contributed by atoms with Gasteiger partial charge in [0.2, 0.25) is 0 Å². The molecule has 18 heavy (non-hydrogen) atoms. The molecule has 0 amide bonds. The molecule has 0 heterocycles. The third-order valence-corrected chi connectivity index (χ3v) is 5.96. The predicted octanol–water partition coefficient (Wildman–Crippen LogP) is 2.89. The summed E-state index contributed by atoms with van der Waals surface area (Å²) in [6.45, 7) is 6.55. The molecule has 0 spiro atoms. The van der Waals surface area contributed by atoms with Crippen LogP contribution in [0.5, 0.6) is 0 Å². The van der Waals surface area contributed by atoms with E-state index in [1.54, 1.807) is 6.92 Å². The Morgan fingerprint density at radius 1 is 1.28 bits per heavy atom. The molecule has 0 aliphatic carbocycles. The minimum absolute atomic E-state index is 0.321. The van der Waals surface area contributed by atoms with Crippen molar-refractivity contribution >= 4 is 33.1 Å². The third kappa shape index (κ3) is 7.67. The molecule has 1 aromatic carbocycles. The van der Waals surface area contributed by atoms with E-state index in [1.165, 1.54) is 5.56 Å². The monoisotopic (exact) mass is 464 g/mol. The summed E-state index contributed by atoms with van der Waals surface area (Å²) in [6, 6.07) is 10.1. The molecule has 3 nitrogen and oxygen atoms in total. The first-order valence-electron chi connectivity index (χ1n) is 6.29. The van der Waals surface area contributed by atoms with Crippen molar-refractivity contribution in [1.82, 2.24) is 4.90 Å². The SMILES string of the molecule is CC.CCP(=O)(O)CN([CH2][Pb])Cc1ccccc1. The predicted molar refractivity (Wildman–Crippen MR) is 79.2 cm³/mol. The fourth-order valence-electron chi connectivity index (χ4n) is 1.41. The van der Waals surface area contributed by atoms with Gasteiger partial charge < -0.3 is 0 Å². The van der Waals surface area contributed by atoms with E-state index in [0.717, 1.165) is 36.4 Å². The van der Waals surface area contributed by atoms with E-state index in [4.69, 9.17) is 0 Å². The minimum atomic E-state index is -2.93. The van der Waals surface area contributed by atoms with Gasteiger partial charge in [-0.1, -0.05) is 13.8 Å². The maximum atomic E-state index is 11.7. The summed E-state index contributed by atoms with van der Waals surface area (Å²) in [4.78, 5) is 11.7. The summed E-state index contributed by atoms with van der Waals surface area (Å²) in [6.07, 6.45) is 0.682. The Morgan fingerprint density at radius 3 is 2.28 bits per heavy atom. The zero-order chi connectivity index (χ0) is 14.0. The van der Waals surface area contributed by atoms with Crippen LogP contribution in [0.3, 0.4) is 0 Å². The van der Waals surface area contributed by atoms with Gasteiger partial charge in [0.25, 0.3) is 0 Å². The van der Waals surface area contributed by atoms with E-state index in [-0.39, 0.29) is 0 Å². The van der Waals surface area contributed by atoms with Gasteiger partial charge in [0.1, 0.15) is 0 Å². The molecular formula is C13H23NO2PPb. The molecular weight excluding hydrogens is 440 g/mol. The van der Waals surface area contributed by atoms with Crippen LogP contribution >= 0.6 is 7.37 Å². The first kappa shape index (κ1) is 18.3. The summed E-state index contributed by atoms with van der Waals surface area (Å²) < 4.78 is 12.6. The van der Waals surface area contributed by atoms with Crippen molar-refractivity contribution in [3.05, 3.63) is 35.9 Å². The molecule has 0 saturated carbocycles. The van der Waals surface area contributed by atoms with Gasteiger partial charge in [-0.05, 0) is 0 Å². The fraction of sp³-hybridized carbons (Fsp3) is 0.538. The molecule has 3 radical (unpaired) electrons. The van der Waals surface area contributed by atoms with Gasteiger partial charge in [-0.15, -0.1) is 0 Å². The van der Waals surface area contributed by atoms with Crippen LogP contribution in [0.1, 0.15) is 26.3 Å². The Morgan fingerprint density at radius 2 is 1.83 bits per heavy atom. The van der Waals surface area contributed by atoms with Gasteiger partial charge >= 0.3 is 113 Å². The van der Waals surface area contributed by atoms with Crippen molar-refractivity contribution in [3.63, 3.8) is 0 Å². The quantitative estimate of drug-likeness (QED) is 0.521. The zero-order valence-electron chi connectivity index (χ0n) is 11.5. The van der Waals surface area contributed by atoms with Gasteiger partial charge in [-0.2, -0.15) is 0 Å². The Labute approximate surface area is 127 Å². The zero-order valence-corrected chi connectivity index (χ0v) is 16.2. The number of hydrogen-bond acceptors (Lipinski definition) is 2. The average molecular weight is 464 g/mol. The van der Waals surface area contributed by atoms with Crippen LogP contribution in [-0.2, 0) is 11.1 Å². The summed E-state index contributed by atoms with van der Waals surface area (Å²) >= 11 is 1.02. The average Bonchev–Trinajstić information content (AvgIpc) is 2.41. The second-order valence-electron chi connectivity index (χ2n) is 3.78. The van der Waals surface area contributed by atoms with Gasteiger partial charge in [0.05, 0.1) is 0 Å². The van der Waals surface area contributed by atoms with Crippen LogP contribution in [0.15, 0.2) is 30.3 Å². The van der Waals surface area contributed by atoms with Crippen LogP contribution in [-0.4, -0.2) is 52.1 Å². The van der Waals surface area contributed by atoms with E-state index in [2.05, 4.69) is 17.0 Å². The van der Waals surface area contributed by atoms with Crippen molar-refractivity contribution in [2.24, 2.45) is 0 Å². The molecule has 1 N–H and O–H groups in total. The van der Waals surface area contributed by atoms with Crippen LogP contribution in [0, 0.1) is 0 Å². The Balaban J connectivity index is 0.00000137. The van der Waals surface area contributed by atoms with Crippen LogP contribution < -0.4 is 0 Å². The van der Waals surface area contributed by atoms with Crippen molar-refractivity contribution < 1.29 is 9.46 Å². The van der Waals surface area contributed by atoms with Gasteiger partial charge in [-0.25, -0.2) is 0 Å². The van der Waals surface area contributed by atoms with Gasteiger partial charge in [0, 0.05) is 0 Å². The maximum absolute atomic E-state index is 11.7. The molecule has 0 fully saturated rings. The Bertz CT molecular complexity index is 359. The molecule has 1 atom stereocenters. The number of hydrogen-bond donors (Lipinski definition) is 1. The molecule has 0 aliphatic heterocycles. The second kappa shape index (κ2) is 10.1. The standard InChI is InChI=1S/C11H17NO2P.C2H6.Pb/c1-3-15(13,14)10-12(2)9-11-7-5-4-6-8-11;1-2;/h4-8H,2-3,9-10H2,1H3,(H,13,14);1-2H3;. The van der Waals surface area contributed by atoms with E-state index in [9.17, 15) is 9.46 Å².